The van der Waals surface area contributed by atoms with Gasteiger partial charge in [0.15, 0.2) is 0 Å². The van der Waals surface area contributed by atoms with Crippen LogP contribution in [-0.2, 0) is 14.3 Å². The highest BCUT2D eigenvalue weighted by molar-refractivity contribution is 5.92. The van der Waals surface area contributed by atoms with E-state index < -0.39 is 29.3 Å². The largest absolute Gasteiger partial charge is 0.444 e. The molecule has 2 atom stereocenters. The van der Waals surface area contributed by atoms with Crippen LogP contribution in [0.25, 0.3) is 0 Å². The maximum absolute atomic E-state index is 13.7. The van der Waals surface area contributed by atoms with Crippen molar-refractivity contribution in [3.63, 3.8) is 0 Å². The Hall–Kier alpha value is -2.57. The van der Waals surface area contributed by atoms with Crippen molar-refractivity contribution in [3.8, 4) is 0 Å². The smallest absolute Gasteiger partial charge is 0.408 e. The number of alkyl carbamates (subject to hydrolysis) is 1. The molecule has 0 heterocycles. The fraction of sp³-hybridized carbons (Fsp3) is 0.640. The molecule has 1 rings (SSSR count). The first-order valence-electron chi connectivity index (χ1n) is 11.3. The summed E-state index contributed by atoms with van der Waals surface area (Å²) in [6, 6.07) is 5.79. The molecule has 7 nitrogen and oxygen atoms in total. The van der Waals surface area contributed by atoms with Crippen LogP contribution in [0.4, 0.5) is 4.79 Å². The van der Waals surface area contributed by atoms with Gasteiger partial charge in [0.25, 0.3) is 0 Å². The van der Waals surface area contributed by atoms with Crippen molar-refractivity contribution in [2.45, 2.75) is 105 Å². The van der Waals surface area contributed by atoms with Crippen molar-refractivity contribution in [2.75, 3.05) is 0 Å². The van der Waals surface area contributed by atoms with Crippen molar-refractivity contribution in [3.05, 3.63) is 35.4 Å². The standard InChI is InChI=1S/C25H41N3O4/c1-11-25(9,10)28(22(30)18(5)27-23(31)32-24(6,7)8)20(21(29)26-16(2)3)19-14-12-17(4)13-15-19/h12-16,18,20H,11H2,1-10H3,(H,26,29)(H,27,31). The van der Waals surface area contributed by atoms with E-state index in [2.05, 4.69) is 10.6 Å². The summed E-state index contributed by atoms with van der Waals surface area (Å²) in [6.45, 7) is 18.4. The van der Waals surface area contributed by atoms with Gasteiger partial charge in [0, 0.05) is 11.6 Å². The van der Waals surface area contributed by atoms with Gasteiger partial charge in [0.05, 0.1) is 0 Å². The van der Waals surface area contributed by atoms with Gasteiger partial charge < -0.3 is 20.3 Å². The van der Waals surface area contributed by atoms with E-state index in [1.54, 1.807) is 32.6 Å². The van der Waals surface area contributed by atoms with E-state index >= 15 is 0 Å². The summed E-state index contributed by atoms with van der Waals surface area (Å²) in [7, 11) is 0. The van der Waals surface area contributed by atoms with Crippen LogP contribution in [0.1, 0.15) is 85.9 Å². The van der Waals surface area contributed by atoms with Crippen molar-refractivity contribution in [2.24, 2.45) is 0 Å². The van der Waals surface area contributed by atoms with E-state index in [1.807, 2.05) is 65.8 Å². The predicted molar refractivity (Wildman–Crippen MR) is 127 cm³/mol. The van der Waals surface area contributed by atoms with Gasteiger partial charge in [-0.05, 0) is 74.3 Å². The molecule has 0 aliphatic carbocycles. The number of nitrogens with one attached hydrogen (secondary N) is 2. The third-order valence-electron chi connectivity index (χ3n) is 5.19. The number of hydrogen-bond donors (Lipinski definition) is 2. The summed E-state index contributed by atoms with van der Waals surface area (Å²) in [4.78, 5) is 40.9. The van der Waals surface area contributed by atoms with E-state index in [9.17, 15) is 14.4 Å². The first-order chi connectivity index (χ1) is 14.6. The molecule has 0 aromatic heterocycles. The highest BCUT2D eigenvalue weighted by atomic mass is 16.6. The van der Waals surface area contributed by atoms with Gasteiger partial charge in [-0.15, -0.1) is 0 Å². The molecular formula is C25H41N3O4. The van der Waals surface area contributed by atoms with Gasteiger partial charge in [0.2, 0.25) is 11.8 Å². The van der Waals surface area contributed by atoms with Crippen LogP contribution >= 0.6 is 0 Å². The van der Waals surface area contributed by atoms with Gasteiger partial charge in [-0.25, -0.2) is 4.79 Å². The molecule has 0 aliphatic heterocycles. The molecule has 1 aromatic rings. The molecule has 0 saturated carbocycles. The lowest BCUT2D eigenvalue weighted by Gasteiger charge is -2.44. The molecular weight excluding hydrogens is 406 g/mol. The minimum atomic E-state index is -0.879. The minimum Gasteiger partial charge on any atom is -0.444 e. The van der Waals surface area contributed by atoms with Crippen LogP contribution < -0.4 is 10.6 Å². The van der Waals surface area contributed by atoms with Gasteiger partial charge in [0.1, 0.15) is 17.7 Å². The third-order valence-corrected chi connectivity index (χ3v) is 5.19. The second-order valence-corrected chi connectivity index (χ2v) is 10.2. The Bertz CT molecular complexity index is 794. The van der Waals surface area contributed by atoms with Crippen LogP contribution in [0.15, 0.2) is 24.3 Å². The Kier molecular flexibility index (Phi) is 9.30. The zero-order valence-electron chi connectivity index (χ0n) is 21.3. The molecule has 32 heavy (non-hydrogen) atoms. The van der Waals surface area contributed by atoms with E-state index in [4.69, 9.17) is 4.74 Å². The lowest BCUT2D eigenvalue weighted by molar-refractivity contribution is -0.149. The Morgan fingerprint density at radius 2 is 1.50 bits per heavy atom. The number of aryl methyl sites for hydroxylation is 1. The number of carbonyl (C=O) groups is 3. The molecule has 0 bridgehead atoms. The zero-order valence-corrected chi connectivity index (χ0v) is 21.3. The topological polar surface area (TPSA) is 87.7 Å². The molecule has 0 aliphatic rings. The first kappa shape index (κ1) is 27.5. The average Bonchev–Trinajstić information content (AvgIpc) is 2.63. The highest BCUT2D eigenvalue weighted by Gasteiger charge is 2.42. The van der Waals surface area contributed by atoms with Crippen molar-refractivity contribution >= 4 is 17.9 Å². The lowest BCUT2D eigenvalue weighted by Crippen LogP contribution is -2.59. The summed E-state index contributed by atoms with van der Waals surface area (Å²) in [5.74, 6) is -0.615. The molecule has 1 aromatic carbocycles. The summed E-state index contributed by atoms with van der Waals surface area (Å²) < 4.78 is 5.31. The molecule has 3 amide bonds. The van der Waals surface area contributed by atoms with E-state index in [0.29, 0.717) is 12.0 Å². The Morgan fingerprint density at radius 3 is 1.94 bits per heavy atom. The van der Waals surface area contributed by atoms with Gasteiger partial charge >= 0.3 is 6.09 Å². The minimum absolute atomic E-state index is 0.0885. The number of carbonyl (C=O) groups excluding carboxylic acids is 3. The molecule has 0 fully saturated rings. The molecule has 2 N–H and O–H groups in total. The number of ether oxygens (including phenoxy) is 1. The number of hydrogen-bond acceptors (Lipinski definition) is 4. The SMILES string of the molecule is CCC(C)(C)N(C(=O)C(C)NC(=O)OC(C)(C)C)C(C(=O)NC(C)C)c1ccc(C)cc1. The molecule has 0 radical (unpaired) electrons. The zero-order chi connectivity index (χ0) is 24.9. The van der Waals surface area contributed by atoms with Crippen LogP contribution in [0, 0.1) is 6.92 Å². The maximum atomic E-state index is 13.7. The molecule has 180 valence electrons. The van der Waals surface area contributed by atoms with Crippen molar-refractivity contribution in [1.82, 2.24) is 15.5 Å². The lowest BCUT2D eigenvalue weighted by atomic mass is 9.91. The van der Waals surface area contributed by atoms with Gasteiger partial charge in [-0.1, -0.05) is 36.8 Å². The summed E-state index contributed by atoms with van der Waals surface area (Å²) in [5, 5.41) is 5.58. The van der Waals surface area contributed by atoms with Crippen LogP contribution in [0.3, 0.4) is 0 Å². The van der Waals surface area contributed by atoms with E-state index in [0.717, 1.165) is 5.56 Å². The maximum Gasteiger partial charge on any atom is 0.408 e. The number of amides is 3. The Morgan fingerprint density at radius 1 is 0.969 bits per heavy atom. The summed E-state index contributed by atoms with van der Waals surface area (Å²) in [6.07, 6.45) is -0.0546. The Balaban J connectivity index is 3.43. The summed E-state index contributed by atoms with van der Waals surface area (Å²) >= 11 is 0. The van der Waals surface area contributed by atoms with Crippen LogP contribution in [-0.4, -0.2) is 46.0 Å². The van der Waals surface area contributed by atoms with E-state index in [1.165, 1.54) is 0 Å². The molecule has 0 spiro atoms. The van der Waals surface area contributed by atoms with Crippen LogP contribution in [0.5, 0.6) is 0 Å². The second-order valence-electron chi connectivity index (χ2n) is 10.2. The molecule has 2 unspecified atom stereocenters. The number of nitrogens with zero attached hydrogens (tertiary/aromatic N) is 1. The monoisotopic (exact) mass is 447 g/mol. The average molecular weight is 448 g/mol. The second kappa shape index (κ2) is 10.8. The van der Waals surface area contributed by atoms with Gasteiger partial charge in [-0.3, -0.25) is 9.59 Å². The van der Waals surface area contributed by atoms with Gasteiger partial charge in [-0.2, -0.15) is 0 Å². The number of rotatable bonds is 8. The summed E-state index contributed by atoms with van der Waals surface area (Å²) in [5.41, 5.74) is 0.444. The predicted octanol–water partition coefficient (Wildman–Crippen LogP) is 4.49. The quantitative estimate of drug-likeness (QED) is 0.615. The first-order valence-corrected chi connectivity index (χ1v) is 11.3. The number of benzene rings is 1. The molecule has 7 heteroatoms. The normalized spacial score (nSPS) is 13.8. The van der Waals surface area contributed by atoms with Crippen LogP contribution in [0.2, 0.25) is 0 Å². The third kappa shape index (κ3) is 7.84. The van der Waals surface area contributed by atoms with E-state index in [-0.39, 0.29) is 17.9 Å². The highest BCUT2D eigenvalue weighted by Crippen LogP contribution is 2.32. The van der Waals surface area contributed by atoms with Crippen molar-refractivity contribution in [1.29, 1.82) is 0 Å². The molecule has 0 saturated heterocycles. The Labute approximate surface area is 193 Å². The fourth-order valence-corrected chi connectivity index (χ4v) is 3.23. The fourth-order valence-electron chi connectivity index (χ4n) is 3.23. The van der Waals surface area contributed by atoms with Crippen molar-refractivity contribution < 1.29 is 19.1 Å².